The lowest BCUT2D eigenvalue weighted by atomic mass is 10.1. The largest absolute Gasteiger partial charge is 0.349 e. The fourth-order valence-electron chi connectivity index (χ4n) is 3.12. The predicted molar refractivity (Wildman–Crippen MR) is 65.5 cm³/mol. The van der Waals surface area contributed by atoms with Crippen molar-refractivity contribution in [2.75, 3.05) is 24.5 Å². The van der Waals surface area contributed by atoms with E-state index in [1.54, 1.807) is 4.90 Å². The van der Waals surface area contributed by atoms with Crippen LogP contribution in [-0.4, -0.2) is 41.6 Å². The summed E-state index contributed by atoms with van der Waals surface area (Å²) < 4.78 is 40.0. The van der Waals surface area contributed by atoms with Gasteiger partial charge < -0.3 is 4.90 Å². The van der Waals surface area contributed by atoms with Gasteiger partial charge in [-0.1, -0.05) is 0 Å². The lowest BCUT2D eigenvalue weighted by Gasteiger charge is -2.43. The summed E-state index contributed by atoms with van der Waals surface area (Å²) in [6.07, 6.45) is 2.20. The Hall–Kier alpha value is -1.30. The summed E-state index contributed by atoms with van der Waals surface area (Å²) in [6, 6.07) is 0.984. The lowest BCUT2D eigenvalue weighted by Crippen LogP contribution is -2.55. The van der Waals surface area contributed by atoms with Crippen molar-refractivity contribution in [3.8, 4) is 0 Å². The molecular formula is C13H16F3N3. The van der Waals surface area contributed by atoms with Crippen molar-refractivity contribution in [1.29, 1.82) is 0 Å². The second-order valence-corrected chi connectivity index (χ2v) is 5.36. The first-order valence-electron chi connectivity index (χ1n) is 6.58. The van der Waals surface area contributed by atoms with Crippen LogP contribution in [-0.2, 0) is 0 Å². The Bertz CT molecular complexity index is 494. The van der Waals surface area contributed by atoms with Crippen LogP contribution in [0.1, 0.15) is 19.8 Å². The molecule has 0 bridgehead atoms. The van der Waals surface area contributed by atoms with Gasteiger partial charge in [0.05, 0.1) is 0 Å². The van der Waals surface area contributed by atoms with Gasteiger partial charge in [0.15, 0.2) is 17.5 Å². The molecule has 0 spiro atoms. The number of hydrogen-bond acceptors (Lipinski definition) is 3. The Morgan fingerprint density at radius 1 is 1.21 bits per heavy atom. The summed E-state index contributed by atoms with van der Waals surface area (Å²) >= 11 is 0. The molecular weight excluding hydrogens is 255 g/mol. The van der Waals surface area contributed by atoms with Crippen LogP contribution >= 0.6 is 0 Å². The molecule has 6 heteroatoms. The quantitative estimate of drug-likeness (QED) is 0.730. The minimum absolute atomic E-state index is 0.0428. The number of piperazine rings is 1. The van der Waals surface area contributed by atoms with E-state index in [0.717, 1.165) is 25.9 Å². The number of halogens is 3. The average Bonchev–Trinajstić information content (AvgIpc) is 2.80. The van der Waals surface area contributed by atoms with Gasteiger partial charge in [-0.25, -0.2) is 8.78 Å². The monoisotopic (exact) mass is 271 g/mol. The molecule has 2 unspecified atom stereocenters. The van der Waals surface area contributed by atoms with Gasteiger partial charge in [-0.15, -0.1) is 0 Å². The van der Waals surface area contributed by atoms with Crippen molar-refractivity contribution in [1.82, 2.24) is 9.88 Å². The summed E-state index contributed by atoms with van der Waals surface area (Å²) in [7, 11) is 0. The third-order valence-corrected chi connectivity index (χ3v) is 4.08. The molecule has 1 aromatic heterocycles. The molecule has 0 saturated carbocycles. The van der Waals surface area contributed by atoms with Crippen LogP contribution in [0.3, 0.4) is 0 Å². The first kappa shape index (κ1) is 12.7. The summed E-state index contributed by atoms with van der Waals surface area (Å²) in [5.41, 5.74) is 0. The van der Waals surface area contributed by atoms with Crippen LogP contribution in [0.15, 0.2) is 6.07 Å². The van der Waals surface area contributed by atoms with E-state index < -0.39 is 17.6 Å². The van der Waals surface area contributed by atoms with Gasteiger partial charge in [0, 0.05) is 31.2 Å². The Kier molecular flexibility index (Phi) is 3.12. The summed E-state index contributed by atoms with van der Waals surface area (Å²) in [4.78, 5) is 7.58. The zero-order valence-corrected chi connectivity index (χ0v) is 10.7. The van der Waals surface area contributed by atoms with Crippen molar-refractivity contribution >= 4 is 5.82 Å². The van der Waals surface area contributed by atoms with Gasteiger partial charge in [-0.05, 0) is 26.3 Å². The maximum atomic E-state index is 13.8. The number of fused-ring (bicyclic) bond motifs is 1. The highest BCUT2D eigenvalue weighted by Gasteiger charge is 2.36. The maximum Gasteiger partial charge on any atom is 0.251 e. The molecule has 0 aliphatic carbocycles. The second kappa shape index (κ2) is 4.67. The molecule has 0 aromatic carbocycles. The SMILES string of the molecule is CC1CN2CCCC2CN1c1nc(F)c(F)cc1F. The van der Waals surface area contributed by atoms with Crippen LogP contribution < -0.4 is 4.90 Å². The van der Waals surface area contributed by atoms with E-state index in [1.807, 2.05) is 6.92 Å². The molecule has 3 heterocycles. The Morgan fingerprint density at radius 3 is 2.79 bits per heavy atom. The molecule has 19 heavy (non-hydrogen) atoms. The molecule has 2 saturated heterocycles. The molecule has 0 amide bonds. The van der Waals surface area contributed by atoms with Gasteiger partial charge in [-0.2, -0.15) is 9.37 Å². The van der Waals surface area contributed by atoms with Crippen LogP contribution in [0.4, 0.5) is 19.0 Å². The Morgan fingerprint density at radius 2 is 2.00 bits per heavy atom. The molecule has 0 N–H and O–H groups in total. The second-order valence-electron chi connectivity index (χ2n) is 5.36. The van der Waals surface area contributed by atoms with Gasteiger partial charge >= 0.3 is 0 Å². The molecule has 3 nitrogen and oxygen atoms in total. The van der Waals surface area contributed by atoms with Crippen LogP contribution in [0.5, 0.6) is 0 Å². The minimum Gasteiger partial charge on any atom is -0.349 e. The van der Waals surface area contributed by atoms with E-state index in [4.69, 9.17) is 0 Å². The Labute approximate surface area is 110 Å². The highest BCUT2D eigenvalue weighted by molar-refractivity contribution is 5.42. The minimum atomic E-state index is -1.24. The van der Waals surface area contributed by atoms with E-state index in [0.29, 0.717) is 18.7 Å². The highest BCUT2D eigenvalue weighted by atomic mass is 19.2. The van der Waals surface area contributed by atoms with Gasteiger partial charge in [0.1, 0.15) is 0 Å². The smallest absolute Gasteiger partial charge is 0.251 e. The zero-order chi connectivity index (χ0) is 13.6. The van der Waals surface area contributed by atoms with Crippen molar-refractivity contribution < 1.29 is 13.2 Å². The van der Waals surface area contributed by atoms with Gasteiger partial charge in [-0.3, -0.25) is 4.90 Å². The van der Waals surface area contributed by atoms with Crippen molar-refractivity contribution in [3.05, 3.63) is 23.6 Å². The highest BCUT2D eigenvalue weighted by Crippen LogP contribution is 2.29. The first-order chi connectivity index (χ1) is 9.06. The zero-order valence-electron chi connectivity index (χ0n) is 10.7. The number of nitrogens with zero attached hydrogens (tertiary/aromatic N) is 3. The fraction of sp³-hybridized carbons (Fsp3) is 0.615. The number of pyridine rings is 1. The topological polar surface area (TPSA) is 19.4 Å². The lowest BCUT2D eigenvalue weighted by molar-refractivity contribution is 0.201. The van der Waals surface area contributed by atoms with Crippen LogP contribution in [0.2, 0.25) is 0 Å². The number of rotatable bonds is 1. The fourth-order valence-corrected chi connectivity index (χ4v) is 3.12. The Balaban J connectivity index is 1.91. The van der Waals surface area contributed by atoms with E-state index in [2.05, 4.69) is 9.88 Å². The summed E-state index contributed by atoms with van der Waals surface area (Å²) in [6.45, 7) is 4.45. The normalized spacial score (nSPS) is 27.7. The van der Waals surface area contributed by atoms with Crippen molar-refractivity contribution in [2.45, 2.75) is 31.8 Å². The van der Waals surface area contributed by atoms with E-state index in [9.17, 15) is 13.2 Å². The van der Waals surface area contributed by atoms with Crippen LogP contribution in [0, 0.1) is 17.6 Å². The molecule has 2 aliphatic heterocycles. The molecule has 2 fully saturated rings. The van der Waals surface area contributed by atoms with Gasteiger partial charge in [0.2, 0.25) is 0 Å². The predicted octanol–water partition coefficient (Wildman–Crippen LogP) is 2.17. The first-order valence-corrected chi connectivity index (χ1v) is 6.58. The summed E-state index contributed by atoms with van der Waals surface area (Å²) in [5, 5.41) is 0. The molecule has 2 aliphatic rings. The molecule has 0 radical (unpaired) electrons. The third-order valence-electron chi connectivity index (χ3n) is 4.08. The van der Waals surface area contributed by atoms with Crippen molar-refractivity contribution in [3.63, 3.8) is 0 Å². The van der Waals surface area contributed by atoms with Gasteiger partial charge in [0.25, 0.3) is 5.95 Å². The van der Waals surface area contributed by atoms with E-state index in [1.165, 1.54) is 0 Å². The maximum absolute atomic E-state index is 13.8. The molecule has 2 atom stereocenters. The molecule has 1 aromatic rings. The number of aromatic nitrogens is 1. The third kappa shape index (κ3) is 2.18. The molecule has 104 valence electrons. The summed E-state index contributed by atoms with van der Waals surface area (Å²) in [5.74, 6) is -3.35. The van der Waals surface area contributed by atoms with Crippen LogP contribution in [0.25, 0.3) is 0 Å². The van der Waals surface area contributed by atoms with E-state index >= 15 is 0 Å². The van der Waals surface area contributed by atoms with Crippen molar-refractivity contribution in [2.24, 2.45) is 0 Å². The molecule has 3 rings (SSSR count). The number of hydrogen-bond donors (Lipinski definition) is 0. The number of anilines is 1. The standard InChI is InChI=1S/C13H16F3N3/c1-8-6-18-4-2-3-9(18)7-19(8)13-11(15)5-10(14)12(16)17-13/h5,8-9H,2-4,6-7H2,1H3. The van der Waals surface area contributed by atoms with E-state index in [-0.39, 0.29) is 11.9 Å². The average molecular weight is 271 g/mol.